The van der Waals surface area contributed by atoms with Gasteiger partial charge in [0, 0.05) is 22.8 Å². The highest BCUT2D eigenvalue weighted by Gasteiger charge is 2.58. The number of carbonyl (C=O) groups excluding carboxylic acids is 2. The van der Waals surface area contributed by atoms with Crippen molar-refractivity contribution in [2.45, 2.75) is 11.6 Å². The number of cyclic esters (lactones) is 1. The molecular weight excluding hydrogens is 428 g/mol. The second-order valence-electron chi connectivity index (χ2n) is 7.28. The van der Waals surface area contributed by atoms with Crippen LogP contribution >= 0.6 is 0 Å². The largest absolute Gasteiger partial charge is 0.430 e. The number of halogens is 4. The zero-order valence-corrected chi connectivity index (χ0v) is 16.4. The number of carbonyl (C=O) groups is 2. The highest BCUT2D eigenvalue weighted by Crippen LogP contribution is 2.52. The molecule has 2 amide bonds. The van der Waals surface area contributed by atoms with Gasteiger partial charge < -0.3 is 10.5 Å². The van der Waals surface area contributed by atoms with Crippen LogP contribution in [-0.4, -0.2) is 23.4 Å². The maximum atomic E-state index is 15.0. The van der Waals surface area contributed by atoms with E-state index in [4.69, 9.17) is 10.5 Å². The molecule has 0 aromatic heterocycles. The Morgan fingerprint density at radius 2 is 1.38 bits per heavy atom. The smallest absolute Gasteiger partial charge is 0.412 e. The van der Waals surface area contributed by atoms with Crippen LogP contribution in [0.2, 0.25) is 0 Å². The molecule has 1 atom stereocenters. The van der Waals surface area contributed by atoms with Crippen molar-refractivity contribution in [3.8, 4) is 0 Å². The lowest BCUT2D eigenvalue weighted by Crippen LogP contribution is -2.41. The summed E-state index contributed by atoms with van der Waals surface area (Å²) in [6.45, 7) is -0.634. The second-order valence-corrected chi connectivity index (χ2v) is 7.28. The Balaban J connectivity index is 2.04. The highest BCUT2D eigenvalue weighted by molar-refractivity contribution is 5.83. The van der Waals surface area contributed by atoms with Crippen LogP contribution in [0.5, 0.6) is 0 Å². The molecule has 9 heteroatoms. The molecule has 1 aliphatic rings. The molecule has 3 aromatic carbocycles. The Morgan fingerprint density at radius 1 is 0.875 bits per heavy atom. The number of primary amides is 1. The molecule has 0 saturated carbocycles. The van der Waals surface area contributed by atoms with E-state index < -0.39 is 53.5 Å². The maximum Gasteiger partial charge on any atom is 0.412 e. The molecule has 1 aliphatic heterocycles. The molecule has 164 valence electrons. The average Bonchev–Trinajstić information content (AvgIpc) is 3.01. The monoisotopic (exact) mass is 444 g/mol. The van der Waals surface area contributed by atoms with Gasteiger partial charge in [-0.25, -0.2) is 22.4 Å². The van der Waals surface area contributed by atoms with E-state index in [1.165, 1.54) is 24.3 Å². The van der Waals surface area contributed by atoms with Crippen molar-refractivity contribution < 1.29 is 31.9 Å². The van der Waals surface area contributed by atoms with Crippen LogP contribution in [0.25, 0.3) is 0 Å². The predicted molar refractivity (Wildman–Crippen MR) is 105 cm³/mol. The van der Waals surface area contributed by atoms with Gasteiger partial charge in [0.2, 0.25) is 5.91 Å². The topological polar surface area (TPSA) is 72.6 Å². The van der Waals surface area contributed by atoms with Crippen molar-refractivity contribution >= 4 is 12.0 Å². The van der Waals surface area contributed by atoms with E-state index >= 15 is 0 Å². The predicted octanol–water partition coefficient (Wildman–Crippen LogP) is 4.17. The van der Waals surface area contributed by atoms with Gasteiger partial charge in [0.15, 0.2) is 5.60 Å². The summed E-state index contributed by atoms with van der Waals surface area (Å²) >= 11 is 0. The lowest BCUT2D eigenvalue weighted by atomic mass is 9.77. The Morgan fingerprint density at radius 3 is 1.84 bits per heavy atom. The fraction of sp³-hybridized carbons (Fsp3) is 0.130. The molecule has 2 N–H and O–H groups in total. The van der Waals surface area contributed by atoms with Crippen LogP contribution in [0.1, 0.15) is 22.7 Å². The summed E-state index contributed by atoms with van der Waals surface area (Å²) in [4.78, 5) is 25.5. The van der Waals surface area contributed by atoms with Crippen LogP contribution in [0.3, 0.4) is 0 Å². The standard InChI is InChI=1S/C23H16F4N2O3/c24-15-5-1-13(2-6-15)23(14-3-7-16(25)8-4-14)21(18-10-9-17(26)11-19(18)27)29(12-20(28)30)22(31)32-23/h1-11,21H,12H2,(H2,28,30)/t21-/m0/s1. The van der Waals surface area contributed by atoms with Crippen LogP contribution < -0.4 is 5.73 Å². The molecule has 4 rings (SSSR count). The molecule has 0 aliphatic carbocycles. The van der Waals surface area contributed by atoms with Crippen LogP contribution in [-0.2, 0) is 15.1 Å². The van der Waals surface area contributed by atoms with Gasteiger partial charge in [-0.15, -0.1) is 0 Å². The van der Waals surface area contributed by atoms with E-state index in [1.54, 1.807) is 0 Å². The zero-order valence-electron chi connectivity index (χ0n) is 16.4. The van der Waals surface area contributed by atoms with Crippen molar-refractivity contribution in [2.24, 2.45) is 5.73 Å². The van der Waals surface area contributed by atoms with Gasteiger partial charge in [0.25, 0.3) is 0 Å². The summed E-state index contributed by atoms with van der Waals surface area (Å²) in [6.07, 6.45) is -1.01. The molecule has 5 nitrogen and oxygen atoms in total. The van der Waals surface area contributed by atoms with Gasteiger partial charge in [-0.05, 0) is 30.3 Å². The minimum absolute atomic E-state index is 0.174. The highest BCUT2D eigenvalue weighted by atomic mass is 19.1. The normalized spacial score (nSPS) is 17.3. The summed E-state index contributed by atoms with van der Waals surface area (Å²) < 4.78 is 61.7. The van der Waals surface area contributed by atoms with E-state index in [0.717, 1.165) is 41.3 Å². The molecule has 32 heavy (non-hydrogen) atoms. The second kappa shape index (κ2) is 7.99. The third-order valence-electron chi connectivity index (χ3n) is 5.31. The Kier molecular flexibility index (Phi) is 5.33. The van der Waals surface area contributed by atoms with Gasteiger partial charge >= 0.3 is 6.09 Å². The number of hydrogen-bond donors (Lipinski definition) is 1. The number of nitrogens with two attached hydrogens (primary N) is 1. The average molecular weight is 444 g/mol. The number of amides is 2. The molecular formula is C23H16F4N2O3. The Bertz CT molecular complexity index is 1140. The van der Waals surface area contributed by atoms with Gasteiger partial charge in [-0.1, -0.05) is 30.3 Å². The van der Waals surface area contributed by atoms with Gasteiger partial charge in [0.1, 0.15) is 35.9 Å². The summed E-state index contributed by atoms with van der Waals surface area (Å²) in [7, 11) is 0. The van der Waals surface area contributed by atoms with Gasteiger partial charge in [-0.2, -0.15) is 0 Å². The van der Waals surface area contributed by atoms with Gasteiger partial charge in [-0.3, -0.25) is 9.69 Å². The minimum atomic E-state index is -1.83. The number of ether oxygens (including phenoxy) is 1. The third kappa shape index (κ3) is 3.55. The van der Waals surface area contributed by atoms with E-state index in [9.17, 15) is 27.2 Å². The molecule has 1 heterocycles. The van der Waals surface area contributed by atoms with Crippen LogP contribution in [0.4, 0.5) is 22.4 Å². The maximum absolute atomic E-state index is 15.0. The molecule has 1 fully saturated rings. The quantitative estimate of drug-likeness (QED) is 0.601. The fourth-order valence-corrected chi connectivity index (χ4v) is 4.01. The molecule has 0 bridgehead atoms. The number of nitrogens with zero attached hydrogens (tertiary/aromatic N) is 1. The first-order chi connectivity index (χ1) is 15.2. The van der Waals surface area contributed by atoms with Crippen molar-refractivity contribution in [1.29, 1.82) is 0 Å². The first kappa shape index (κ1) is 21.4. The van der Waals surface area contributed by atoms with Crippen LogP contribution in [0.15, 0.2) is 66.7 Å². The van der Waals surface area contributed by atoms with Crippen molar-refractivity contribution in [2.75, 3.05) is 6.54 Å². The SMILES string of the molecule is NC(=O)CN1C(=O)OC(c2ccc(F)cc2)(c2ccc(F)cc2)[C@@H]1c1ccc(F)cc1F. The summed E-state index contributed by atoms with van der Waals surface area (Å²) in [5.74, 6) is -3.91. The fourth-order valence-electron chi connectivity index (χ4n) is 4.01. The third-order valence-corrected chi connectivity index (χ3v) is 5.31. The van der Waals surface area contributed by atoms with Gasteiger partial charge in [0.05, 0.1) is 0 Å². The van der Waals surface area contributed by atoms with E-state index in [1.807, 2.05) is 0 Å². The van der Waals surface area contributed by atoms with E-state index in [2.05, 4.69) is 0 Å². The first-order valence-electron chi connectivity index (χ1n) is 9.47. The lowest BCUT2D eigenvalue weighted by molar-refractivity contribution is -0.118. The van der Waals surface area contributed by atoms with Crippen molar-refractivity contribution in [3.63, 3.8) is 0 Å². The van der Waals surface area contributed by atoms with E-state index in [0.29, 0.717) is 6.07 Å². The lowest BCUT2D eigenvalue weighted by Gasteiger charge is -2.36. The minimum Gasteiger partial charge on any atom is -0.430 e. The zero-order chi connectivity index (χ0) is 23.0. The Hall–Kier alpha value is -3.88. The number of benzene rings is 3. The van der Waals surface area contributed by atoms with Crippen LogP contribution in [0, 0.1) is 23.3 Å². The molecule has 0 unspecified atom stereocenters. The van der Waals surface area contributed by atoms with Crippen molar-refractivity contribution in [3.05, 3.63) is 107 Å². The molecule has 3 aromatic rings. The molecule has 0 spiro atoms. The summed E-state index contributed by atoms with van der Waals surface area (Å²) in [5.41, 5.74) is 3.74. The number of rotatable bonds is 5. The summed E-state index contributed by atoms with van der Waals surface area (Å²) in [6, 6.07) is 11.2. The first-order valence-corrected chi connectivity index (χ1v) is 9.47. The molecule has 0 radical (unpaired) electrons. The van der Waals surface area contributed by atoms with E-state index in [-0.39, 0.29) is 16.7 Å². The Labute approximate surface area is 180 Å². The van der Waals surface area contributed by atoms with Crippen molar-refractivity contribution in [1.82, 2.24) is 4.90 Å². The number of hydrogen-bond acceptors (Lipinski definition) is 3. The summed E-state index contributed by atoms with van der Waals surface area (Å²) in [5, 5.41) is 0. The molecule has 1 saturated heterocycles.